The molecular weight excluding hydrogens is 514 g/mol. The van der Waals surface area contributed by atoms with Crippen LogP contribution in [0.2, 0.25) is 5.02 Å². The lowest BCUT2D eigenvalue weighted by Gasteiger charge is -2.37. The van der Waals surface area contributed by atoms with Crippen LogP contribution >= 0.6 is 11.6 Å². The summed E-state index contributed by atoms with van der Waals surface area (Å²) in [5.74, 6) is 1.85. The Morgan fingerprint density at radius 2 is 1.86 bits per heavy atom. The third-order valence-electron chi connectivity index (χ3n) is 6.62. The zero-order valence-corrected chi connectivity index (χ0v) is 23.2. The van der Waals surface area contributed by atoms with E-state index < -0.39 is 15.1 Å². The van der Waals surface area contributed by atoms with Crippen LogP contribution in [0.1, 0.15) is 43.7 Å². The van der Waals surface area contributed by atoms with E-state index in [1.54, 1.807) is 27.1 Å². The van der Waals surface area contributed by atoms with Gasteiger partial charge in [0.05, 0.1) is 28.9 Å². The van der Waals surface area contributed by atoms with Crippen molar-refractivity contribution in [3.63, 3.8) is 0 Å². The predicted molar refractivity (Wildman–Crippen MR) is 144 cm³/mol. The van der Waals surface area contributed by atoms with Crippen molar-refractivity contribution in [2.24, 2.45) is 7.05 Å². The van der Waals surface area contributed by atoms with Gasteiger partial charge in [0.25, 0.3) is 0 Å². The number of rotatable bonds is 9. The van der Waals surface area contributed by atoms with Gasteiger partial charge in [0.2, 0.25) is 20.8 Å². The second-order valence-electron chi connectivity index (χ2n) is 10.2. The molecule has 2 N–H and O–H groups in total. The number of hydrogen-bond acceptors (Lipinski definition) is 9. The second-order valence-corrected chi connectivity index (χ2v) is 13.0. The Morgan fingerprint density at radius 1 is 1.14 bits per heavy atom. The molecule has 3 heterocycles. The van der Waals surface area contributed by atoms with Crippen molar-refractivity contribution < 1.29 is 13.2 Å². The first-order valence-corrected chi connectivity index (χ1v) is 14.3. The molecule has 12 heteroatoms. The van der Waals surface area contributed by atoms with E-state index in [9.17, 15) is 8.42 Å². The number of benzene rings is 1. The largest absolute Gasteiger partial charge is 0.488 e. The van der Waals surface area contributed by atoms with Gasteiger partial charge in [-0.3, -0.25) is 4.68 Å². The van der Waals surface area contributed by atoms with E-state index in [0.717, 1.165) is 37.4 Å². The number of likely N-dealkylation sites (N-methyl/N-ethyl adjacent to an activating group) is 1. The molecule has 198 valence electrons. The van der Waals surface area contributed by atoms with Crippen molar-refractivity contribution in [3.8, 4) is 5.75 Å². The van der Waals surface area contributed by atoms with Crippen molar-refractivity contribution in [2.75, 3.05) is 30.8 Å². The minimum Gasteiger partial charge on any atom is -0.488 e. The van der Waals surface area contributed by atoms with Gasteiger partial charge in [-0.15, -0.1) is 0 Å². The van der Waals surface area contributed by atoms with E-state index >= 15 is 0 Å². The standard InChI is InChI=1S/C25H32ClN7O3S/c1-14(2)37(34,35)24-21(13-33(5)31-24)28-23-19(26)10-27-25(30-23)29-20-8-15(3)18(16-11-32(4)12-16)9-22(20)36-17-6-7-17/h8-10,13-14,16-17H,6-7,11-12H2,1-5H3,(H2,27,28,29,30). The first-order valence-electron chi connectivity index (χ1n) is 12.3. The summed E-state index contributed by atoms with van der Waals surface area (Å²) in [6, 6.07) is 4.21. The van der Waals surface area contributed by atoms with Gasteiger partial charge in [-0.25, -0.2) is 13.4 Å². The van der Waals surface area contributed by atoms with E-state index in [1.165, 1.54) is 22.0 Å². The Bertz CT molecular complexity index is 1430. The molecule has 10 nitrogen and oxygen atoms in total. The molecule has 3 aromatic rings. The maximum atomic E-state index is 12.8. The maximum Gasteiger partial charge on any atom is 0.229 e. The first kappa shape index (κ1) is 25.7. The van der Waals surface area contributed by atoms with Crippen LogP contribution in [0.25, 0.3) is 0 Å². The summed E-state index contributed by atoms with van der Waals surface area (Å²) in [5, 5.41) is 10.0. The highest BCUT2D eigenvalue weighted by atomic mass is 35.5. The van der Waals surface area contributed by atoms with Crippen LogP contribution in [0.3, 0.4) is 0 Å². The lowest BCUT2D eigenvalue weighted by atomic mass is 9.88. The molecule has 1 aliphatic heterocycles. The van der Waals surface area contributed by atoms with E-state index in [1.807, 2.05) is 0 Å². The van der Waals surface area contributed by atoms with Crippen molar-refractivity contribution in [1.29, 1.82) is 0 Å². The molecule has 0 radical (unpaired) electrons. The zero-order chi connectivity index (χ0) is 26.5. The fourth-order valence-corrected chi connectivity index (χ4v) is 5.59. The Labute approximate surface area is 222 Å². The normalized spacial score (nSPS) is 16.6. The number of anilines is 4. The SMILES string of the molecule is Cc1cc(Nc2ncc(Cl)c(Nc3cn(C)nc3S(=O)(=O)C(C)C)n2)c(OC2CC2)cc1C1CN(C)C1. The number of ether oxygens (including phenoxy) is 1. The Balaban J connectivity index is 1.44. The van der Waals surface area contributed by atoms with Gasteiger partial charge in [0.15, 0.2) is 5.82 Å². The summed E-state index contributed by atoms with van der Waals surface area (Å²) in [6.45, 7) is 7.41. The average molecular weight is 546 g/mol. The van der Waals surface area contributed by atoms with E-state index in [-0.39, 0.29) is 22.0 Å². The Morgan fingerprint density at radius 3 is 2.51 bits per heavy atom. The Hall–Kier alpha value is -2.89. The number of aryl methyl sites for hydroxylation is 2. The van der Waals surface area contributed by atoms with Gasteiger partial charge in [-0.2, -0.15) is 10.1 Å². The van der Waals surface area contributed by atoms with Gasteiger partial charge in [-0.05, 0) is 63.9 Å². The number of aromatic nitrogens is 4. The minimum absolute atomic E-state index is 0.0536. The van der Waals surface area contributed by atoms with Crippen molar-refractivity contribution in [1.82, 2.24) is 24.6 Å². The monoisotopic (exact) mass is 545 g/mol. The van der Waals surface area contributed by atoms with Crippen LogP contribution < -0.4 is 15.4 Å². The molecule has 1 saturated heterocycles. The number of halogens is 1. The maximum absolute atomic E-state index is 12.8. The number of hydrogen-bond donors (Lipinski definition) is 2. The summed E-state index contributed by atoms with van der Waals surface area (Å²) in [4.78, 5) is 11.2. The van der Waals surface area contributed by atoms with E-state index in [0.29, 0.717) is 17.6 Å². The molecule has 1 aliphatic carbocycles. The number of sulfone groups is 1. The summed E-state index contributed by atoms with van der Waals surface area (Å²) >= 11 is 6.39. The van der Waals surface area contributed by atoms with Crippen LogP contribution in [0, 0.1) is 6.92 Å². The molecule has 1 saturated carbocycles. The van der Waals surface area contributed by atoms with E-state index in [2.05, 4.69) is 56.7 Å². The summed E-state index contributed by atoms with van der Waals surface area (Å²) in [7, 11) is 0.163. The molecule has 5 rings (SSSR count). The molecule has 0 spiro atoms. The zero-order valence-electron chi connectivity index (χ0n) is 21.6. The van der Waals surface area contributed by atoms with Gasteiger partial charge in [0.1, 0.15) is 10.8 Å². The highest BCUT2D eigenvalue weighted by Gasteiger charge is 2.30. The topological polar surface area (TPSA) is 114 Å². The lowest BCUT2D eigenvalue weighted by molar-refractivity contribution is 0.189. The molecule has 0 bridgehead atoms. The van der Waals surface area contributed by atoms with Crippen molar-refractivity contribution in [3.05, 3.63) is 40.7 Å². The van der Waals surface area contributed by atoms with Crippen LogP contribution in [0.5, 0.6) is 5.75 Å². The molecular formula is C25H32ClN7O3S. The number of nitrogens with one attached hydrogen (secondary N) is 2. The predicted octanol–water partition coefficient (Wildman–Crippen LogP) is 4.41. The van der Waals surface area contributed by atoms with Gasteiger partial charge in [-0.1, -0.05) is 11.6 Å². The van der Waals surface area contributed by atoms with Crippen LogP contribution in [0.15, 0.2) is 29.6 Å². The highest BCUT2D eigenvalue weighted by molar-refractivity contribution is 7.92. The molecule has 37 heavy (non-hydrogen) atoms. The number of likely N-dealkylation sites (tertiary alicyclic amines) is 1. The molecule has 2 fully saturated rings. The van der Waals surface area contributed by atoms with Gasteiger partial charge < -0.3 is 20.3 Å². The van der Waals surface area contributed by atoms with Crippen molar-refractivity contribution in [2.45, 2.75) is 55.9 Å². The average Bonchev–Trinajstić information content (AvgIpc) is 3.55. The van der Waals surface area contributed by atoms with Gasteiger partial charge in [0, 0.05) is 32.3 Å². The fourth-order valence-electron chi connectivity index (χ4n) is 4.35. The minimum atomic E-state index is -3.62. The van der Waals surface area contributed by atoms with Crippen LogP contribution in [0.4, 0.5) is 23.1 Å². The molecule has 2 aromatic heterocycles. The second kappa shape index (κ2) is 9.77. The van der Waals surface area contributed by atoms with Gasteiger partial charge >= 0.3 is 0 Å². The third-order valence-corrected chi connectivity index (χ3v) is 8.98. The van der Waals surface area contributed by atoms with Crippen molar-refractivity contribution >= 4 is 44.6 Å². The summed E-state index contributed by atoms with van der Waals surface area (Å²) in [6.07, 6.45) is 5.39. The molecule has 1 aromatic carbocycles. The fraction of sp³-hybridized carbons (Fsp3) is 0.480. The quantitative estimate of drug-likeness (QED) is 0.403. The molecule has 2 aliphatic rings. The molecule has 0 atom stereocenters. The smallest absolute Gasteiger partial charge is 0.229 e. The van der Waals surface area contributed by atoms with Crippen LogP contribution in [-0.2, 0) is 16.9 Å². The summed E-state index contributed by atoms with van der Waals surface area (Å²) < 4.78 is 33.3. The summed E-state index contributed by atoms with van der Waals surface area (Å²) in [5.41, 5.74) is 3.55. The Kier molecular flexibility index (Phi) is 6.80. The highest BCUT2D eigenvalue weighted by Crippen LogP contribution is 2.39. The van der Waals surface area contributed by atoms with E-state index in [4.69, 9.17) is 16.3 Å². The molecule has 0 amide bonds. The number of nitrogens with zero attached hydrogens (tertiary/aromatic N) is 5. The first-order chi connectivity index (χ1) is 17.5. The lowest BCUT2D eigenvalue weighted by Crippen LogP contribution is -2.42. The third kappa shape index (κ3) is 5.39. The van der Waals surface area contributed by atoms with Crippen LogP contribution in [-0.4, -0.2) is 64.6 Å². The molecule has 0 unspecified atom stereocenters.